The van der Waals surface area contributed by atoms with Gasteiger partial charge in [-0.1, -0.05) is 12.7 Å². The van der Waals surface area contributed by atoms with E-state index in [0.717, 1.165) is 11.3 Å². The van der Waals surface area contributed by atoms with Gasteiger partial charge >= 0.3 is 0 Å². The molecule has 1 aromatic heterocycles. The molecule has 1 aromatic rings. The molecule has 84 valence electrons. The Bertz CT molecular complexity index is 434. The molecule has 0 saturated carbocycles. The fourth-order valence-corrected chi connectivity index (χ4v) is 1.73. The minimum absolute atomic E-state index is 0.370. The number of furan rings is 1. The number of amides is 1. The van der Waals surface area contributed by atoms with E-state index in [0.29, 0.717) is 19.5 Å². The summed E-state index contributed by atoms with van der Waals surface area (Å²) in [6.07, 6.45) is 4.28. The van der Waals surface area contributed by atoms with Crippen LogP contribution in [-0.2, 0) is 4.79 Å². The molecule has 4 heteroatoms. The van der Waals surface area contributed by atoms with Gasteiger partial charge in [-0.05, 0) is 18.6 Å². The van der Waals surface area contributed by atoms with Gasteiger partial charge in [-0.25, -0.2) is 4.39 Å². The van der Waals surface area contributed by atoms with Gasteiger partial charge in [0.05, 0.1) is 6.26 Å². The van der Waals surface area contributed by atoms with Gasteiger partial charge in [-0.3, -0.25) is 4.79 Å². The standard InChI is InChI=1S/C12H12FNO2/c1-9(13)12(15)14-6-2-4-10(8-14)11-5-3-7-16-11/h3-5,7H,1-2,6,8H2. The van der Waals surface area contributed by atoms with Crippen LogP contribution in [0, 0.1) is 0 Å². The number of hydrogen-bond acceptors (Lipinski definition) is 2. The molecule has 0 atom stereocenters. The van der Waals surface area contributed by atoms with Crippen LogP contribution in [0.1, 0.15) is 12.2 Å². The van der Waals surface area contributed by atoms with E-state index in [9.17, 15) is 9.18 Å². The number of carbonyl (C=O) groups is 1. The van der Waals surface area contributed by atoms with E-state index < -0.39 is 11.7 Å². The second-order valence-corrected chi connectivity index (χ2v) is 3.63. The Hall–Kier alpha value is -1.84. The van der Waals surface area contributed by atoms with Crippen molar-refractivity contribution in [1.82, 2.24) is 4.90 Å². The maximum atomic E-state index is 12.7. The molecule has 0 fully saturated rings. The van der Waals surface area contributed by atoms with Gasteiger partial charge < -0.3 is 9.32 Å². The number of rotatable bonds is 2. The monoisotopic (exact) mass is 221 g/mol. The van der Waals surface area contributed by atoms with Crippen LogP contribution in [0.3, 0.4) is 0 Å². The van der Waals surface area contributed by atoms with Gasteiger partial charge in [0.1, 0.15) is 5.76 Å². The summed E-state index contributed by atoms with van der Waals surface area (Å²) < 4.78 is 18.0. The average molecular weight is 221 g/mol. The molecule has 3 nitrogen and oxygen atoms in total. The minimum Gasteiger partial charge on any atom is -0.465 e. The van der Waals surface area contributed by atoms with Crippen molar-refractivity contribution in [2.24, 2.45) is 0 Å². The second kappa shape index (κ2) is 4.35. The lowest BCUT2D eigenvalue weighted by molar-refractivity contribution is -0.128. The van der Waals surface area contributed by atoms with Gasteiger partial charge in [-0.15, -0.1) is 0 Å². The summed E-state index contributed by atoms with van der Waals surface area (Å²) >= 11 is 0. The summed E-state index contributed by atoms with van der Waals surface area (Å²) in [5.74, 6) is -0.833. The Morgan fingerprint density at radius 1 is 1.56 bits per heavy atom. The number of hydrogen-bond donors (Lipinski definition) is 0. The predicted octanol–water partition coefficient (Wildman–Crippen LogP) is 2.38. The van der Waals surface area contributed by atoms with Crippen LogP contribution < -0.4 is 0 Å². The highest BCUT2D eigenvalue weighted by Gasteiger charge is 2.21. The molecular formula is C12H12FNO2. The van der Waals surface area contributed by atoms with Crippen molar-refractivity contribution >= 4 is 11.5 Å². The molecule has 1 aliphatic rings. The maximum absolute atomic E-state index is 12.7. The highest BCUT2D eigenvalue weighted by atomic mass is 19.1. The minimum atomic E-state index is -0.916. The first kappa shape index (κ1) is 10.7. The third-order valence-electron chi connectivity index (χ3n) is 2.51. The zero-order valence-corrected chi connectivity index (χ0v) is 8.78. The Morgan fingerprint density at radius 3 is 3.00 bits per heavy atom. The Labute approximate surface area is 92.8 Å². The summed E-state index contributed by atoms with van der Waals surface area (Å²) in [6, 6.07) is 3.61. The van der Waals surface area contributed by atoms with E-state index in [2.05, 4.69) is 6.58 Å². The van der Waals surface area contributed by atoms with Crippen molar-refractivity contribution in [3.05, 3.63) is 42.6 Å². The molecule has 0 aromatic carbocycles. The first-order valence-corrected chi connectivity index (χ1v) is 5.05. The molecular weight excluding hydrogens is 209 g/mol. The van der Waals surface area contributed by atoms with Crippen molar-refractivity contribution in [2.45, 2.75) is 6.42 Å². The van der Waals surface area contributed by atoms with E-state index in [1.807, 2.05) is 12.1 Å². The Morgan fingerprint density at radius 2 is 2.38 bits per heavy atom. The molecule has 0 radical (unpaired) electrons. The van der Waals surface area contributed by atoms with Crippen LogP contribution >= 0.6 is 0 Å². The molecule has 0 spiro atoms. The molecule has 0 unspecified atom stereocenters. The molecule has 0 bridgehead atoms. The van der Waals surface area contributed by atoms with E-state index in [-0.39, 0.29) is 0 Å². The lowest BCUT2D eigenvalue weighted by Gasteiger charge is -2.25. The quantitative estimate of drug-likeness (QED) is 0.718. The SMILES string of the molecule is C=C(F)C(=O)N1CCC=C(c2ccco2)C1. The zero-order valence-electron chi connectivity index (χ0n) is 8.78. The van der Waals surface area contributed by atoms with Crippen LogP contribution in [0.25, 0.3) is 5.57 Å². The average Bonchev–Trinajstić information content (AvgIpc) is 2.81. The number of carbonyl (C=O) groups excluding carboxylic acids is 1. The largest absolute Gasteiger partial charge is 0.465 e. The smallest absolute Gasteiger partial charge is 0.282 e. The fourth-order valence-electron chi connectivity index (χ4n) is 1.73. The summed E-state index contributed by atoms with van der Waals surface area (Å²) in [5.41, 5.74) is 0.908. The first-order chi connectivity index (χ1) is 7.68. The van der Waals surface area contributed by atoms with Gasteiger partial charge in [-0.2, -0.15) is 0 Å². The van der Waals surface area contributed by atoms with Gasteiger partial charge in [0.15, 0.2) is 5.83 Å². The summed E-state index contributed by atoms with van der Waals surface area (Å²) in [7, 11) is 0. The fraction of sp³-hybridized carbons (Fsp3) is 0.250. The lowest BCUT2D eigenvalue weighted by Crippen LogP contribution is -2.35. The number of nitrogens with zero attached hydrogens (tertiary/aromatic N) is 1. The van der Waals surface area contributed by atoms with Crippen molar-refractivity contribution in [2.75, 3.05) is 13.1 Å². The van der Waals surface area contributed by atoms with Crippen LogP contribution in [0.4, 0.5) is 4.39 Å². The number of halogens is 1. The van der Waals surface area contributed by atoms with Crippen LogP contribution in [0.2, 0.25) is 0 Å². The third-order valence-corrected chi connectivity index (χ3v) is 2.51. The third kappa shape index (κ3) is 2.05. The Balaban J connectivity index is 2.12. The molecule has 2 rings (SSSR count). The molecule has 2 heterocycles. The van der Waals surface area contributed by atoms with Gasteiger partial charge in [0, 0.05) is 18.7 Å². The van der Waals surface area contributed by atoms with Gasteiger partial charge in [0.2, 0.25) is 0 Å². The molecule has 0 N–H and O–H groups in total. The first-order valence-electron chi connectivity index (χ1n) is 5.05. The predicted molar refractivity (Wildman–Crippen MR) is 58.1 cm³/mol. The summed E-state index contributed by atoms with van der Waals surface area (Å²) in [4.78, 5) is 12.8. The van der Waals surface area contributed by atoms with Crippen LogP contribution in [-0.4, -0.2) is 23.9 Å². The van der Waals surface area contributed by atoms with E-state index in [1.54, 1.807) is 12.3 Å². The Kier molecular flexibility index (Phi) is 2.90. The van der Waals surface area contributed by atoms with Crippen LogP contribution in [0.5, 0.6) is 0 Å². The van der Waals surface area contributed by atoms with E-state index in [4.69, 9.17) is 4.42 Å². The molecule has 0 saturated heterocycles. The highest BCUT2D eigenvalue weighted by Crippen LogP contribution is 2.21. The molecule has 0 aliphatic carbocycles. The molecule has 1 amide bonds. The van der Waals surface area contributed by atoms with Crippen LogP contribution in [0.15, 0.2) is 41.3 Å². The normalized spacial score (nSPS) is 15.8. The van der Waals surface area contributed by atoms with Crippen molar-refractivity contribution in [3.63, 3.8) is 0 Å². The maximum Gasteiger partial charge on any atom is 0.282 e. The summed E-state index contributed by atoms with van der Waals surface area (Å²) in [6.45, 7) is 3.91. The van der Waals surface area contributed by atoms with E-state index >= 15 is 0 Å². The molecule has 1 aliphatic heterocycles. The van der Waals surface area contributed by atoms with Gasteiger partial charge in [0.25, 0.3) is 5.91 Å². The summed E-state index contributed by atoms with van der Waals surface area (Å²) in [5, 5.41) is 0. The lowest BCUT2D eigenvalue weighted by atomic mass is 10.1. The van der Waals surface area contributed by atoms with Crippen molar-refractivity contribution < 1.29 is 13.6 Å². The topological polar surface area (TPSA) is 33.5 Å². The second-order valence-electron chi connectivity index (χ2n) is 3.63. The van der Waals surface area contributed by atoms with Crippen molar-refractivity contribution in [1.29, 1.82) is 0 Å². The highest BCUT2D eigenvalue weighted by molar-refractivity contribution is 5.91. The molecule has 16 heavy (non-hydrogen) atoms. The van der Waals surface area contributed by atoms with E-state index in [1.165, 1.54) is 4.90 Å². The zero-order chi connectivity index (χ0) is 11.5. The van der Waals surface area contributed by atoms with Crippen molar-refractivity contribution in [3.8, 4) is 0 Å².